The number of halogens is 6. The van der Waals surface area contributed by atoms with Crippen molar-refractivity contribution in [3.63, 3.8) is 0 Å². The van der Waals surface area contributed by atoms with Crippen molar-refractivity contribution in [2.45, 2.75) is 163 Å². The first-order valence-corrected chi connectivity index (χ1v) is 43.1. The number of sulfone groups is 1. The third kappa shape index (κ3) is 18.1. The Morgan fingerprint density at radius 3 is 1.11 bits per heavy atom. The highest BCUT2D eigenvalue weighted by Crippen LogP contribution is 2.41. The number of aliphatic hydroxyl groups is 1. The van der Waals surface area contributed by atoms with Gasteiger partial charge < -0.3 is 62.3 Å². The van der Waals surface area contributed by atoms with Crippen LogP contribution >= 0.6 is 11.8 Å². The number of aromatic nitrogens is 8. The molecule has 11 aromatic rings. The van der Waals surface area contributed by atoms with Crippen LogP contribution in [-0.2, 0) is 29.2 Å². The van der Waals surface area contributed by atoms with E-state index in [4.69, 9.17) is 19.4 Å². The van der Waals surface area contributed by atoms with Crippen LogP contribution in [0, 0.1) is 90.3 Å². The molecule has 0 saturated carbocycles. The summed E-state index contributed by atoms with van der Waals surface area (Å²) in [6, 6.07) is 34.0. The van der Waals surface area contributed by atoms with Crippen LogP contribution in [-0.4, -0.2) is 188 Å². The van der Waals surface area contributed by atoms with Gasteiger partial charge in [0, 0.05) is 130 Å². The van der Waals surface area contributed by atoms with Crippen molar-refractivity contribution in [3.8, 4) is 22.7 Å². The fourth-order valence-corrected chi connectivity index (χ4v) is 21.0. The van der Waals surface area contributed by atoms with Crippen LogP contribution in [0.4, 0.5) is 26.3 Å². The minimum atomic E-state index is -4.00. The highest BCUT2D eigenvalue weighted by atomic mass is 32.2. The lowest BCUT2D eigenvalue weighted by molar-refractivity contribution is -0.0263. The summed E-state index contributed by atoms with van der Waals surface area (Å²) in [7, 11) is -4.00. The molecule has 19 rings (SSSR count). The number of rotatable bonds is 13. The first kappa shape index (κ1) is 83.0. The number of aliphatic hydroxyl groups excluding tert-OH is 1. The number of oxime groups is 4. The smallest absolute Gasteiger partial charge is 0.183 e. The van der Waals surface area contributed by atoms with E-state index >= 15 is 0 Å². The Morgan fingerprint density at radius 2 is 0.711 bits per heavy atom. The average Bonchev–Trinajstić information content (AvgIpc) is 1.17. The van der Waals surface area contributed by atoms with Gasteiger partial charge in [-0.15, -0.1) is 11.8 Å². The van der Waals surface area contributed by atoms with E-state index in [0.717, 1.165) is 190 Å². The van der Waals surface area contributed by atoms with Gasteiger partial charge in [0.2, 0.25) is 0 Å². The van der Waals surface area contributed by atoms with Gasteiger partial charge in [-0.1, -0.05) is 20.6 Å². The number of nitrogens with zero attached hydrogens (tertiary/aromatic N) is 16. The van der Waals surface area contributed by atoms with Crippen LogP contribution in [0.3, 0.4) is 0 Å². The number of fused-ring (bicyclic) bond motifs is 4. The van der Waals surface area contributed by atoms with Gasteiger partial charge in [-0.25, -0.2) is 54.7 Å². The lowest BCUT2D eigenvalue weighted by Crippen LogP contribution is -2.57. The fraction of sp³-hybridized carbons (Fsp3) is 0.356. The van der Waals surface area contributed by atoms with E-state index < -0.39 is 56.0 Å². The zero-order valence-corrected chi connectivity index (χ0v) is 69.9. The Morgan fingerprint density at radius 1 is 0.380 bits per heavy atom. The third-order valence-electron chi connectivity index (χ3n) is 23.4. The van der Waals surface area contributed by atoms with Crippen LogP contribution < -0.4 is 0 Å². The summed E-state index contributed by atoms with van der Waals surface area (Å²) in [5, 5.41) is 26.8. The molecule has 12 heterocycles. The highest BCUT2D eigenvalue weighted by molar-refractivity contribution is 8.00. The number of aryl methyl sites for hydroxylation is 8. The van der Waals surface area contributed by atoms with Crippen molar-refractivity contribution < 1.29 is 59.2 Å². The maximum atomic E-state index is 13.9. The fourth-order valence-electron chi connectivity index (χ4n) is 17.6. The van der Waals surface area contributed by atoms with Gasteiger partial charge >= 0.3 is 0 Å². The topological polar surface area (TPSA) is 225 Å². The Bertz CT molecular complexity index is 5850. The molecule has 8 atom stereocenters. The van der Waals surface area contributed by atoms with Crippen LogP contribution in [0.5, 0.6) is 0 Å². The number of benzene rings is 7. The molecule has 8 aliphatic heterocycles. The lowest BCUT2D eigenvalue weighted by atomic mass is 9.83. The molecule has 4 aromatic heterocycles. The number of piperidine rings is 4. The first-order valence-electron chi connectivity index (χ1n) is 40.7. The highest BCUT2D eigenvalue weighted by Gasteiger charge is 2.46. The molecule has 4 fully saturated rings. The number of amidine groups is 4. The number of thioether (sulfide) groups is 1. The molecule has 23 nitrogen and oxygen atoms in total. The number of hydrogen-bond acceptors (Lipinski definition) is 20. The van der Waals surface area contributed by atoms with Gasteiger partial charge in [0.25, 0.3) is 0 Å². The second kappa shape index (κ2) is 35.5. The Labute approximate surface area is 702 Å². The summed E-state index contributed by atoms with van der Waals surface area (Å²) in [6.45, 7) is 20.7. The minimum Gasteiger partial charge on any atom is -0.392 e. The molecular formula is C90H94F6N16O7S2. The number of hydrogen-bond donors (Lipinski definition) is 1. The van der Waals surface area contributed by atoms with Crippen LogP contribution in [0.15, 0.2) is 208 Å². The summed E-state index contributed by atoms with van der Waals surface area (Å²) in [6.07, 6.45) is 21.3. The van der Waals surface area contributed by atoms with Crippen molar-refractivity contribution in [1.82, 2.24) is 57.8 Å². The average molecular weight is 1690 g/mol. The molecule has 1 N–H and O–H groups in total. The molecule has 8 aliphatic rings. The summed E-state index contributed by atoms with van der Waals surface area (Å²) in [5.41, 5.74) is 16.9. The Hall–Kier alpha value is -11.7. The Balaban J connectivity index is 0.000000121. The van der Waals surface area contributed by atoms with Gasteiger partial charge in [0.05, 0.1) is 88.5 Å². The van der Waals surface area contributed by atoms with Gasteiger partial charge in [0.1, 0.15) is 61.3 Å². The molecule has 0 spiro atoms. The van der Waals surface area contributed by atoms with Crippen molar-refractivity contribution in [2.24, 2.45) is 20.6 Å². The predicted octanol–water partition coefficient (Wildman–Crippen LogP) is 15.6. The van der Waals surface area contributed by atoms with Crippen molar-refractivity contribution >= 4 is 44.9 Å². The van der Waals surface area contributed by atoms with Crippen molar-refractivity contribution in [2.75, 3.05) is 52.6 Å². The monoisotopic (exact) mass is 1690 g/mol. The van der Waals surface area contributed by atoms with Crippen molar-refractivity contribution in [1.29, 1.82) is 0 Å². The van der Waals surface area contributed by atoms with Crippen LogP contribution in [0.2, 0.25) is 0 Å². The molecule has 4 saturated heterocycles. The molecule has 0 amide bonds. The number of imidazole rings is 4. The molecule has 0 aliphatic carbocycles. The maximum Gasteiger partial charge on any atom is 0.183 e. The lowest BCUT2D eigenvalue weighted by Gasteiger charge is -2.44. The minimum absolute atomic E-state index is 0.00234. The van der Waals surface area contributed by atoms with Crippen molar-refractivity contribution in [3.05, 3.63) is 285 Å². The van der Waals surface area contributed by atoms with E-state index in [1.54, 1.807) is 6.33 Å². The molecule has 7 unspecified atom stereocenters. The van der Waals surface area contributed by atoms with E-state index in [1.807, 2.05) is 126 Å². The van der Waals surface area contributed by atoms with E-state index in [0.29, 0.717) is 61.6 Å². The standard InChI is InChI=1S/C24H24F2N4O3S.C24H24F2N4OS.C24H24F2N4O.C18H22N4O2/c1-15-8-17(5-6-21(15)29-12-16(2)27-14-29)24-28-33-13-22-23(4-3-7-30(22)24)34(31,32)20-10-18(25)9-19(26)11-20;1-15-8-17(5-6-21(15)29-12-16(2)27-14-29)24-28-31-13-22-23(4-3-7-30(22)24)32-20-10-18(25)9-19(26)11-20;1-15-8-17(5-6-22(15)29-12-16(2)27-14-29)24-28-31-13-23-21(4-3-7-30(23)24)18-9-19(25)11-20(26)10-18;1-12-8-14(5-6-15(12)21-9-13(2)19-11-21)18-20-24-10-16-17(23)4-3-7-22(16)18/h5-6,8-12,14,22-23H,3-4,7,13H2,1-2H3;5-6,8-12,14,22-23H,3-4,7,13H2,1-2H3;5-6,8-12,14,21,23H,3-4,7,13H2,1-2H3;5-6,8-9,11,16-17,23H,3-4,7,10H2,1-2H3/t;;21?,23-;/m..0./s1. The normalized spacial score (nSPS) is 21.1. The molecular weight excluding hydrogens is 1600 g/mol. The van der Waals surface area contributed by atoms with Gasteiger partial charge in [-0.3, -0.25) is 0 Å². The van der Waals surface area contributed by atoms with E-state index in [1.165, 1.54) is 36.0 Å². The van der Waals surface area contributed by atoms with Gasteiger partial charge in [0.15, 0.2) is 33.2 Å². The zero-order chi connectivity index (χ0) is 84.5. The van der Waals surface area contributed by atoms with E-state index in [2.05, 4.69) is 125 Å². The van der Waals surface area contributed by atoms with Crippen LogP contribution in [0.25, 0.3) is 22.7 Å². The van der Waals surface area contributed by atoms with E-state index in [9.17, 15) is 39.9 Å². The van der Waals surface area contributed by atoms with E-state index in [-0.39, 0.29) is 46.9 Å². The predicted molar refractivity (Wildman–Crippen MR) is 449 cm³/mol. The Kier molecular flexibility index (Phi) is 24.4. The maximum absolute atomic E-state index is 13.9. The zero-order valence-electron chi connectivity index (χ0n) is 68.3. The van der Waals surface area contributed by atoms with Gasteiger partial charge in [-0.2, -0.15) is 0 Å². The quantitative estimate of drug-likeness (QED) is 0.106. The molecule has 121 heavy (non-hydrogen) atoms. The summed E-state index contributed by atoms with van der Waals surface area (Å²) in [4.78, 5) is 48.3. The second-order valence-electron chi connectivity index (χ2n) is 32.0. The van der Waals surface area contributed by atoms with Gasteiger partial charge in [-0.05, 0) is 244 Å². The molecule has 0 radical (unpaired) electrons. The second-order valence-corrected chi connectivity index (χ2v) is 35.5. The molecule has 31 heteroatoms. The first-order chi connectivity index (χ1) is 58.3. The molecule has 630 valence electrons. The molecule has 7 aromatic carbocycles. The summed E-state index contributed by atoms with van der Waals surface area (Å²) in [5.74, 6) is -1.08. The van der Waals surface area contributed by atoms with Crippen LogP contribution in [0.1, 0.15) is 130 Å². The third-order valence-corrected chi connectivity index (χ3v) is 27.0. The largest absolute Gasteiger partial charge is 0.392 e. The SMILES string of the molecule is Cc1cn(-c2ccc(C3=NOCC4C(O)CCCN34)cc2C)cn1.Cc1cn(-c2ccc(C3=NOCC4C(S(=O)(=O)c5cc(F)cc(F)c5)CCCN34)cc2C)cn1.Cc1cn(-c2ccc(C3=NOCC4C(Sc5cc(F)cc(F)c5)CCCN34)cc2C)cn1.Cc1cn(-c2ccc(C3=NOC[C@H]4C(c5cc(F)cc(F)c5)CCCN34)cc2C)cn1. The summed E-state index contributed by atoms with van der Waals surface area (Å²) < 4.78 is 117. The summed E-state index contributed by atoms with van der Waals surface area (Å²) >= 11 is 1.51. The molecule has 0 bridgehead atoms.